The van der Waals surface area contributed by atoms with Gasteiger partial charge in [0.05, 0.1) is 18.7 Å². The third-order valence-electron chi connectivity index (χ3n) is 6.26. The zero-order valence-electron chi connectivity index (χ0n) is 19.3. The number of nitrogens with zero attached hydrogens (tertiary/aromatic N) is 1. The summed E-state index contributed by atoms with van der Waals surface area (Å²) in [5.41, 5.74) is 5.04. The van der Waals surface area contributed by atoms with Crippen LogP contribution in [0, 0.1) is 13.8 Å². The van der Waals surface area contributed by atoms with E-state index in [4.69, 9.17) is 4.74 Å². The average Bonchev–Trinajstić information content (AvgIpc) is 3.11. The summed E-state index contributed by atoms with van der Waals surface area (Å²) in [5.74, 6) is -0.960. The molecule has 1 fully saturated rings. The van der Waals surface area contributed by atoms with Gasteiger partial charge in [0.15, 0.2) is 0 Å². The summed E-state index contributed by atoms with van der Waals surface area (Å²) < 4.78 is 5.38. The third kappa shape index (κ3) is 4.02. The molecule has 168 valence electrons. The molecule has 0 spiro atoms. The first-order valence-electron chi connectivity index (χ1n) is 11.0. The Bertz CT molecular complexity index is 1260. The number of carbonyl (C=O) groups excluding carboxylic acids is 2. The second-order valence-electron chi connectivity index (χ2n) is 8.26. The van der Waals surface area contributed by atoms with Gasteiger partial charge in [-0.3, -0.25) is 14.5 Å². The Morgan fingerprint density at radius 3 is 2.33 bits per heavy atom. The molecule has 33 heavy (non-hydrogen) atoms. The number of rotatable bonds is 5. The normalized spacial score (nSPS) is 17.5. The number of aliphatic hydroxyl groups excluding tert-OH is 1. The predicted molar refractivity (Wildman–Crippen MR) is 130 cm³/mol. The number of amides is 1. The maximum absolute atomic E-state index is 13.3. The first-order chi connectivity index (χ1) is 15.8. The summed E-state index contributed by atoms with van der Waals surface area (Å²) in [5, 5.41) is 11.3. The quantitative estimate of drug-likeness (QED) is 0.322. The Labute approximate surface area is 193 Å². The summed E-state index contributed by atoms with van der Waals surface area (Å²) >= 11 is 0. The fraction of sp³-hybridized carbons (Fsp3) is 0.214. The van der Waals surface area contributed by atoms with Crippen LogP contribution in [-0.2, 0) is 16.0 Å². The highest BCUT2D eigenvalue weighted by Crippen LogP contribution is 2.43. The van der Waals surface area contributed by atoms with Crippen LogP contribution in [0.2, 0.25) is 0 Å². The lowest BCUT2D eigenvalue weighted by molar-refractivity contribution is -0.132. The first-order valence-corrected chi connectivity index (χ1v) is 11.0. The van der Waals surface area contributed by atoms with E-state index in [1.807, 2.05) is 62.4 Å². The smallest absolute Gasteiger partial charge is 0.300 e. The molecule has 1 heterocycles. The topological polar surface area (TPSA) is 66.8 Å². The van der Waals surface area contributed by atoms with Crippen molar-refractivity contribution in [2.75, 3.05) is 12.0 Å². The molecule has 1 aliphatic heterocycles. The Morgan fingerprint density at radius 1 is 0.970 bits per heavy atom. The minimum atomic E-state index is -0.783. The zero-order valence-corrected chi connectivity index (χ0v) is 19.3. The van der Waals surface area contributed by atoms with Crippen LogP contribution in [0.4, 0.5) is 5.69 Å². The number of ketones is 1. The van der Waals surface area contributed by atoms with Crippen molar-refractivity contribution in [1.29, 1.82) is 0 Å². The number of aryl methyl sites for hydroxylation is 3. The van der Waals surface area contributed by atoms with E-state index in [0.29, 0.717) is 22.6 Å². The van der Waals surface area contributed by atoms with Gasteiger partial charge in [-0.15, -0.1) is 0 Å². The molecule has 1 atom stereocenters. The zero-order chi connectivity index (χ0) is 23.7. The number of hydrogen-bond acceptors (Lipinski definition) is 4. The van der Waals surface area contributed by atoms with Crippen molar-refractivity contribution in [1.82, 2.24) is 0 Å². The SMILES string of the molecule is CCc1ccc(N2C(=O)C(=O)/C(=C(\O)c3ccc(C)c(C)c3)C2c2cccc(OC)c2)cc1. The molecule has 0 radical (unpaired) electrons. The second kappa shape index (κ2) is 8.94. The van der Waals surface area contributed by atoms with Crippen LogP contribution in [-0.4, -0.2) is 23.9 Å². The maximum Gasteiger partial charge on any atom is 0.300 e. The Kier molecular flexibility index (Phi) is 6.05. The van der Waals surface area contributed by atoms with Crippen LogP contribution in [0.5, 0.6) is 5.75 Å². The van der Waals surface area contributed by atoms with Crippen molar-refractivity contribution < 1.29 is 19.4 Å². The van der Waals surface area contributed by atoms with Crippen LogP contribution in [0.25, 0.3) is 5.76 Å². The molecular weight excluding hydrogens is 414 g/mol. The van der Waals surface area contributed by atoms with E-state index in [1.54, 1.807) is 25.3 Å². The van der Waals surface area contributed by atoms with E-state index >= 15 is 0 Å². The van der Waals surface area contributed by atoms with E-state index in [9.17, 15) is 14.7 Å². The summed E-state index contributed by atoms with van der Waals surface area (Å²) in [6.07, 6.45) is 0.866. The number of methoxy groups -OCH3 is 1. The molecule has 1 amide bonds. The van der Waals surface area contributed by atoms with Gasteiger partial charge in [0.25, 0.3) is 11.7 Å². The highest BCUT2D eigenvalue weighted by Gasteiger charge is 2.47. The lowest BCUT2D eigenvalue weighted by atomic mass is 9.94. The standard InChI is InChI=1S/C28H27NO4/c1-5-19-10-13-22(14-11-19)29-25(20-7-6-8-23(16-20)33-4)24(27(31)28(29)32)26(30)21-12-9-17(2)18(3)15-21/h6-16,25,30H,5H2,1-4H3/b26-24-. The van der Waals surface area contributed by atoms with Gasteiger partial charge < -0.3 is 9.84 Å². The van der Waals surface area contributed by atoms with Crippen molar-refractivity contribution in [3.63, 3.8) is 0 Å². The van der Waals surface area contributed by atoms with E-state index in [1.165, 1.54) is 4.90 Å². The fourth-order valence-corrected chi connectivity index (χ4v) is 4.16. The van der Waals surface area contributed by atoms with Crippen LogP contribution in [0.1, 0.15) is 40.8 Å². The molecular formula is C28H27NO4. The summed E-state index contributed by atoms with van der Waals surface area (Å²) in [6, 6.07) is 19.5. The number of anilines is 1. The van der Waals surface area contributed by atoms with Crippen LogP contribution in [0.15, 0.2) is 72.3 Å². The molecule has 3 aromatic rings. The Hall–Kier alpha value is -3.86. The average molecular weight is 442 g/mol. The third-order valence-corrected chi connectivity index (χ3v) is 6.26. The lowest BCUT2D eigenvalue weighted by Gasteiger charge is -2.26. The molecule has 5 nitrogen and oxygen atoms in total. The number of benzene rings is 3. The fourth-order valence-electron chi connectivity index (χ4n) is 4.16. The molecule has 0 bridgehead atoms. The molecule has 4 rings (SSSR count). The minimum Gasteiger partial charge on any atom is -0.507 e. The van der Waals surface area contributed by atoms with Crippen molar-refractivity contribution in [2.45, 2.75) is 33.2 Å². The van der Waals surface area contributed by atoms with E-state index in [-0.39, 0.29) is 11.3 Å². The van der Waals surface area contributed by atoms with Gasteiger partial charge in [-0.05, 0) is 72.9 Å². The van der Waals surface area contributed by atoms with E-state index in [2.05, 4.69) is 6.92 Å². The van der Waals surface area contributed by atoms with Gasteiger partial charge in [-0.1, -0.05) is 43.3 Å². The van der Waals surface area contributed by atoms with Gasteiger partial charge in [-0.2, -0.15) is 0 Å². The van der Waals surface area contributed by atoms with E-state index in [0.717, 1.165) is 23.1 Å². The predicted octanol–water partition coefficient (Wildman–Crippen LogP) is 5.50. The molecule has 1 N–H and O–H groups in total. The number of ether oxygens (including phenoxy) is 1. The monoisotopic (exact) mass is 441 g/mol. The molecule has 5 heteroatoms. The highest BCUT2D eigenvalue weighted by molar-refractivity contribution is 6.51. The van der Waals surface area contributed by atoms with Gasteiger partial charge in [0, 0.05) is 11.3 Å². The van der Waals surface area contributed by atoms with Gasteiger partial charge in [-0.25, -0.2) is 0 Å². The van der Waals surface area contributed by atoms with Crippen molar-refractivity contribution in [2.24, 2.45) is 0 Å². The molecule has 1 aliphatic rings. The Morgan fingerprint density at radius 2 is 1.70 bits per heavy atom. The van der Waals surface area contributed by atoms with Gasteiger partial charge in [0.1, 0.15) is 11.5 Å². The van der Waals surface area contributed by atoms with Crippen molar-refractivity contribution in [3.8, 4) is 5.75 Å². The largest absolute Gasteiger partial charge is 0.507 e. The van der Waals surface area contributed by atoms with Crippen LogP contribution >= 0.6 is 0 Å². The molecule has 0 aromatic heterocycles. The summed E-state index contributed by atoms with van der Waals surface area (Å²) in [4.78, 5) is 28.0. The molecule has 1 saturated heterocycles. The first kappa shape index (κ1) is 22.3. The maximum atomic E-state index is 13.3. The number of carbonyl (C=O) groups is 2. The second-order valence-corrected chi connectivity index (χ2v) is 8.26. The molecule has 0 saturated carbocycles. The number of Topliss-reactive ketones (excluding diaryl/α,β-unsaturated/α-hetero) is 1. The molecule has 1 unspecified atom stereocenters. The number of aliphatic hydroxyl groups is 1. The van der Waals surface area contributed by atoms with Gasteiger partial charge in [0.2, 0.25) is 0 Å². The molecule has 0 aliphatic carbocycles. The summed E-state index contributed by atoms with van der Waals surface area (Å²) in [6.45, 7) is 5.98. The Balaban J connectivity index is 1.94. The van der Waals surface area contributed by atoms with Crippen LogP contribution in [0.3, 0.4) is 0 Å². The lowest BCUT2D eigenvalue weighted by Crippen LogP contribution is -2.29. The van der Waals surface area contributed by atoms with Gasteiger partial charge >= 0.3 is 0 Å². The highest BCUT2D eigenvalue weighted by atomic mass is 16.5. The summed E-state index contributed by atoms with van der Waals surface area (Å²) in [7, 11) is 1.56. The minimum absolute atomic E-state index is 0.0658. The number of hydrogen-bond donors (Lipinski definition) is 1. The molecule has 3 aromatic carbocycles. The van der Waals surface area contributed by atoms with Crippen molar-refractivity contribution in [3.05, 3.63) is 100 Å². The van der Waals surface area contributed by atoms with Crippen molar-refractivity contribution >= 4 is 23.1 Å². The van der Waals surface area contributed by atoms with E-state index < -0.39 is 17.7 Å². The van der Waals surface area contributed by atoms with Crippen LogP contribution < -0.4 is 9.64 Å².